The molecule has 0 radical (unpaired) electrons. The molecule has 0 saturated heterocycles. The van der Waals surface area contributed by atoms with Gasteiger partial charge in [-0.15, -0.1) is 5.10 Å². The Labute approximate surface area is 124 Å². The maximum absolute atomic E-state index is 6.22. The Balaban J connectivity index is 1.99. The van der Waals surface area contributed by atoms with Crippen molar-refractivity contribution >= 4 is 11.6 Å². The molecule has 2 aromatic rings. The molecule has 6 nitrogen and oxygen atoms in total. The van der Waals surface area contributed by atoms with Crippen molar-refractivity contribution in [2.45, 2.75) is 33.9 Å². The monoisotopic (exact) mass is 296 g/mol. The molecule has 1 N–H and O–H groups in total. The summed E-state index contributed by atoms with van der Waals surface area (Å²) >= 11 is 6.22. The number of hydrogen-bond donors (Lipinski definition) is 1. The predicted octanol–water partition coefficient (Wildman–Crippen LogP) is 1.77. The largest absolute Gasteiger partial charge is 0.311 e. The number of nitrogens with zero attached hydrogens (tertiary/aromatic N) is 5. The Hall–Kier alpha value is -1.40. The van der Waals surface area contributed by atoms with Crippen LogP contribution in [-0.4, -0.2) is 31.3 Å². The molecule has 0 saturated carbocycles. The van der Waals surface area contributed by atoms with Crippen LogP contribution in [0.1, 0.15) is 30.8 Å². The highest BCUT2D eigenvalue weighted by Gasteiger charge is 2.12. The van der Waals surface area contributed by atoms with Gasteiger partial charge in [0.25, 0.3) is 0 Å². The van der Waals surface area contributed by atoms with Gasteiger partial charge < -0.3 is 5.32 Å². The first-order valence-corrected chi connectivity index (χ1v) is 7.13. The van der Waals surface area contributed by atoms with Gasteiger partial charge in [0.05, 0.1) is 24.1 Å². The minimum absolute atomic E-state index is 0.593. The maximum Gasteiger partial charge on any atom is 0.132 e. The Morgan fingerprint density at radius 2 is 2.15 bits per heavy atom. The molecular formula is C13H21ClN6. The molecule has 0 atom stereocenters. The topological polar surface area (TPSA) is 60.6 Å². The zero-order valence-corrected chi connectivity index (χ0v) is 13.1. The lowest BCUT2D eigenvalue weighted by Gasteiger charge is -2.04. The van der Waals surface area contributed by atoms with Gasteiger partial charge in [-0.1, -0.05) is 30.7 Å². The molecule has 0 aliphatic carbocycles. The lowest BCUT2D eigenvalue weighted by Crippen LogP contribution is -2.19. The van der Waals surface area contributed by atoms with Crippen molar-refractivity contribution in [2.24, 2.45) is 13.0 Å². The summed E-state index contributed by atoms with van der Waals surface area (Å²) in [5, 5.41) is 16.6. The molecule has 7 heteroatoms. The van der Waals surface area contributed by atoms with Crippen LogP contribution in [-0.2, 0) is 20.1 Å². The molecule has 0 aromatic carbocycles. The summed E-state index contributed by atoms with van der Waals surface area (Å²) in [4.78, 5) is 0. The molecule has 2 rings (SSSR count). The molecule has 0 fully saturated rings. The van der Waals surface area contributed by atoms with E-state index in [0.29, 0.717) is 17.6 Å². The van der Waals surface area contributed by atoms with Crippen LogP contribution in [0.2, 0.25) is 5.15 Å². The van der Waals surface area contributed by atoms with Crippen molar-refractivity contribution in [3.63, 3.8) is 0 Å². The van der Waals surface area contributed by atoms with E-state index in [0.717, 1.165) is 30.0 Å². The van der Waals surface area contributed by atoms with E-state index in [2.05, 4.69) is 34.6 Å². The average Bonchev–Trinajstić information content (AvgIpc) is 2.90. The summed E-state index contributed by atoms with van der Waals surface area (Å²) in [6.07, 6.45) is 1.94. The first kappa shape index (κ1) is 15.0. The van der Waals surface area contributed by atoms with Gasteiger partial charge in [0.2, 0.25) is 0 Å². The molecule has 0 aliphatic rings. The summed E-state index contributed by atoms with van der Waals surface area (Å²) in [5.74, 6) is 0.627. The Kier molecular flexibility index (Phi) is 4.77. The second-order valence-electron chi connectivity index (χ2n) is 5.41. The molecule has 110 valence electrons. The van der Waals surface area contributed by atoms with E-state index in [4.69, 9.17) is 11.6 Å². The third kappa shape index (κ3) is 3.58. The van der Waals surface area contributed by atoms with Gasteiger partial charge in [0.1, 0.15) is 5.15 Å². The van der Waals surface area contributed by atoms with Crippen LogP contribution in [0.3, 0.4) is 0 Å². The van der Waals surface area contributed by atoms with Gasteiger partial charge in [-0.3, -0.25) is 4.68 Å². The van der Waals surface area contributed by atoms with E-state index in [1.807, 2.05) is 20.2 Å². The standard InChI is InChI=1S/C13H21ClN6/c1-9(2)5-15-6-11-7-20(18-16-11)8-12-10(3)17-19(4)13(12)14/h7,9,15H,5-6,8H2,1-4H3. The lowest BCUT2D eigenvalue weighted by molar-refractivity contribution is 0.548. The smallest absolute Gasteiger partial charge is 0.132 e. The first-order chi connectivity index (χ1) is 9.47. The second kappa shape index (κ2) is 6.37. The number of hydrogen-bond acceptors (Lipinski definition) is 4. The van der Waals surface area contributed by atoms with Gasteiger partial charge >= 0.3 is 0 Å². The summed E-state index contributed by atoms with van der Waals surface area (Å²) < 4.78 is 3.47. The Morgan fingerprint density at radius 1 is 1.40 bits per heavy atom. The minimum atomic E-state index is 0.593. The van der Waals surface area contributed by atoms with Gasteiger partial charge in [-0.05, 0) is 19.4 Å². The fraction of sp³-hybridized carbons (Fsp3) is 0.615. The Bertz CT molecular complexity index is 571. The van der Waals surface area contributed by atoms with E-state index in [1.54, 1.807) is 9.36 Å². The minimum Gasteiger partial charge on any atom is -0.311 e. The van der Waals surface area contributed by atoms with Crippen molar-refractivity contribution in [1.82, 2.24) is 30.1 Å². The van der Waals surface area contributed by atoms with Crippen molar-refractivity contribution < 1.29 is 0 Å². The molecule has 2 aromatic heterocycles. The number of rotatable bonds is 6. The number of aromatic nitrogens is 5. The summed E-state index contributed by atoms with van der Waals surface area (Å²) in [7, 11) is 1.83. The maximum atomic E-state index is 6.22. The quantitative estimate of drug-likeness (QED) is 0.882. The third-order valence-corrected chi connectivity index (χ3v) is 3.51. The molecule has 0 aliphatic heterocycles. The summed E-state index contributed by atoms with van der Waals surface area (Å²) in [6, 6.07) is 0. The second-order valence-corrected chi connectivity index (χ2v) is 5.77. The van der Waals surface area contributed by atoms with Gasteiger partial charge in [-0.25, -0.2) is 4.68 Å². The number of halogens is 1. The molecule has 20 heavy (non-hydrogen) atoms. The number of aryl methyl sites for hydroxylation is 2. The molecule has 0 spiro atoms. The average molecular weight is 297 g/mol. The fourth-order valence-electron chi connectivity index (χ4n) is 2.00. The highest BCUT2D eigenvalue weighted by molar-refractivity contribution is 6.30. The van der Waals surface area contributed by atoms with E-state index >= 15 is 0 Å². The van der Waals surface area contributed by atoms with Crippen LogP contribution in [0.15, 0.2) is 6.20 Å². The summed E-state index contributed by atoms with van der Waals surface area (Å²) in [6.45, 7) is 8.60. The van der Waals surface area contributed by atoms with Crippen LogP contribution >= 0.6 is 11.6 Å². The predicted molar refractivity (Wildman–Crippen MR) is 78.6 cm³/mol. The molecule has 0 unspecified atom stereocenters. The van der Waals surface area contributed by atoms with E-state index < -0.39 is 0 Å². The van der Waals surface area contributed by atoms with Crippen LogP contribution in [0.4, 0.5) is 0 Å². The fourth-order valence-corrected chi connectivity index (χ4v) is 2.24. The van der Waals surface area contributed by atoms with Crippen LogP contribution in [0.5, 0.6) is 0 Å². The Morgan fingerprint density at radius 3 is 2.75 bits per heavy atom. The van der Waals surface area contributed by atoms with Gasteiger partial charge in [0, 0.05) is 19.2 Å². The number of nitrogens with one attached hydrogen (secondary N) is 1. The normalized spacial score (nSPS) is 11.5. The van der Waals surface area contributed by atoms with Crippen LogP contribution in [0, 0.1) is 12.8 Å². The van der Waals surface area contributed by atoms with E-state index in [1.165, 1.54) is 0 Å². The third-order valence-electron chi connectivity index (χ3n) is 3.03. The van der Waals surface area contributed by atoms with Gasteiger partial charge in [-0.2, -0.15) is 5.10 Å². The first-order valence-electron chi connectivity index (χ1n) is 6.75. The SMILES string of the molecule is Cc1nn(C)c(Cl)c1Cn1cc(CNCC(C)C)nn1. The zero-order valence-electron chi connectivity index (χ0n) is 12.4. The van der Waals surface area contributed by atoms with E-state index in [9.17, 15) is 0 Å². The van der Waals surface area contributed by atoms with Crippen molar-refractivity contribution in [1.29, 1.82) is 0 Å². The highest BCUT2D eigenvalue weighted by Crippen LogP contribution is 2.19. The zero-order chi connectivity index (χ0) is 14.7. The van der Waals surface area contributed by atoms with Crippen molar-refractivity contribution in [3.8, 4) is 0 Å². The molecule has 2 heterocycles. The summed E-state index contributed by atoms with van der Waals surface area (Å²) in [5.41, 5.74) is 2.84. The molecular weight excluding hydrogens is 276 g/mol. The van der Waals surface area contributed by atoms with Crippen molar-refractivity contribution in [2.75, 3.05) is 6.54 Å². The molecule has 0 amide bonds. The lowest BCUT2D eigenvalue weighted by atomic mass is 10.2. The highest BCUT2D eigenvalue weighted by atomic mass is 35.5. The van der Waals surface area contributed by atoms with Crippen LogP contribution in [0.25, 0.3) is 0 Å². The van der Waals surface area contributed by atoms with E-state index in [-0.39, 0.29) is 0 Å². The van der Waals surface area contributed by atoms with Crippen molar-refractivity contribution in [3.05, 3.63) is 28.3 Å². The molecule has 0 bridgehead atoms. The van der Waals surface area contributed by atoms with Crippen LogP contribution < -0.4 is 5.32 Å². The van der Waals surface area contributed by atoms with Gasteiger partial charge in [0.15, 0.2) is 0 Å².